The highest BCUT2D eigenvalue weighted by atomic mass is 15.1. The first-order chi connectivity index (χ1) is 8.58. The maximum atomic E-state index is 4.38. The van der Waals surface area contributed by atoms with E-state index in [0.717, 1.165) is 37.1 Å². The van der Waals surface area contributed by atoms with Crippen molar-refractivity contribution in [3.8, 4) is 0 Å². The fourth-order valence-corrected chi connectivity index (χ4v) is 2.36. The van der Waals surface area contributed by atoms with Gasteiger partial charge >= 0.3 is 0 Å². The van der Waals surface area contributed by atoms with Crippen LogP contribution in [0.1, 0.15) is 39.7 Å². The highest BCUT2D eigenvalue weighted by molar-refractivity contribution is 5.57. The molecule has 0 spiro atoms. The lowest BCUT2D eigenvalue weighted by atomic mass is 10.1. The zero-order chi connectivity index (χ0) is 13.2. The predicted molar refractivity (Wildman–Crippen MR) is 76.0 cm³/mol. The molecule has 2 rings (SSSR count). The largest absolute Gasteiger partial charge is 0.370 e. The number of hydrogen-bond donors (Lipinski definition) is 2. The number of rotatable bonds is 6. The van der Waals surface area contributed by atoms with Gasteiger partial charge in [0.1, 0.15) is 18.0 Å². The molecule has 0 saturated heterocycles. The van der Waals surface area contributed by atoms with Crippen molar-refractivity contribution in [3.05, 3.63) is 11.9 Å². The van der Waals surface area contributed by atoms with Crippen molar-refractivity contribution in [1.82, 2.24) is 9.97 Å². The van der Waals surface area contributed by atoms with Gasteiger partial charge in [-0.25, -0.2) is 9.97 Å². The van der Waals surface area contributed by atoms with Crippen LogP contribution < -0.4 is 10.6 Å². The molecule has 1 aliphatic carbocycles. The van der Waals surface area contributed by atoms with Gasteiger partial charge in [0.15, 0.2) is 0 Å². The number of nitrogens with zero attached hydrogens (tertiary/aromatic N) is 2. The first-order valence-electron chi connectivity index (χ1n) is 6.90. The molecule has 1 aliphatic rings. The average Bonchev–Trinajstić information content (AvgIpc) is 2.95. The Labute approximate surface area is 110 Å². The maximum Gasteiger partial charge on any atom is 0.134 e. The van der Waals surface area contributed by atoms with Crippen LogP contribution in [0.15, 0.2) is 6.33 Å². The van der Waals surface area contributed by atoms with Gasteiger partial charge in [0.25, 0.3) is 0 Å². The molecule has 4 nitrogen and oxygen atoms in total. The summed E-state index contributed by atoms with van der Waals surface area (Å²) in [5.74, 6) is 2.73. The summed E-state index contributed by atoms with van der Waals surface area (Å²) < 4.78 is 0. The quantitative estimate of drug-likeness (QED) is 0.812. The van der Waals surface area contributed by atoms with Crippen LogP contribution >= 0.6 is 0 Å². The van der Waals surface area contributed by atoms with Gasteiger partial charge in [-0.2, -0.15) is 0 Å². The summed E-state index contributed by atoms with van der Waals surface area (Å²) in [6.45, 7) is 10.8. The zero-order valence-corrected chi connectivity index (χ0v) is 11.9. The molecule has 18 heavy (non-hydrogen) atoms. The molecule has 1 atom stereocenters. The van der Waals surface area contributed by atoms with Crippen LogP contribution in [-0.2, 0) is 6.42 Å². The maximum absolute atomic E-state index is 4.38. The summed E-state index contributed by atoms with van der Waals surface area (Å²) in [6.07, 6.45) is 3.89. The molecule has 1 unspecified atom stereocenters. The third-order valence-electron chi connectivity index (χ3n) is 3.88. The second kappa shape index (κ2) is 5.12. The third kappa shape index (κ3) is 2.74. The lowest BCUT2D eigenvalue weighted by Gasteiger charge is -2.14. The summed E-state index contributed by atoms with van der Waals surface area (Å²) in [6, 6.07) is 0. The summed E-state index contributed by atoms with van der Waals surface area (Å²) in [4.78, 5) is 8.69. The highest BCUT2D eigenvalue weighted by Crippen LogP contribution is 2.51. The Morgan fingerprint density at radius 1 is 1.22 bits per heavy atom. The Morgan fingerprint density at radius 3 is 2.33 bits per heavy atom. The lowest BCUT2D eigenvalue weighted by Crippen LogP contribution is -2.12. The van der Waals surface area contributed by atoms with Crippen molar-refractivity contribution in [2.75, 3.05) is 23.7 Å². The fourth-order valence-electron chi connectivity index (χ4n) is 2.36. The Balaban J connectivity index is 2.05. The molecule has 0 aromatic carbocycles. The SMILES string of the molecule is CCNc1ncnc(NCC2CC2(C)C)c1CC. The van der Waals surface area contributed by atoms with Crippen molar-refractivity contribution in [3.63, 3.8) is 0 Å². The second-order valence-electron chi connectivity index (χ2n) is 5.70. The summed E-state index contributed by atoms with van der Waals surface area (Å²) >= 11 is 0. The minimum atomic E-state index is 0.511. The van der Waals surface area contributed by atoms with E-state index in [4.69, 9.17) is 0 Å². The molecule has 0 aliphatic heterocycles. The van der Waals surface area contributed by atoms with E-state index >= 15 is 0 Å². The standard InChI is InChI=1S/C14H24N4/c1-5-11-12(15-6-2)17-9-18-13(11)16-8-10-7-14(10,3)4/h9-10H,5-8H2,1-4H3,(H2,15,16,17,18). The van der Waals surface area contributed by atoms with Gasteiger partial charge in [-0.3, -0.25) is 0 Å². The molecule has 1 saturated carbocycles. The molecule has 1 fully saturated rings. The third-order valence-corrected chi connectivity index (χ3v) is 3.88. The molecule has 4 heteroatoms. The van der Waals surface area contributed by atoms with Crippen LogP contribution in [0.4, 0.5) is 11.6 Å². The van der Waals surface area contributed by atoms with Crippen molar-refractivity contribution >= 4 is 11.6 Å². The van der Waals surface area contributed by atoms with Crippen molar-refractivity contribution in [1.29, 1.82) is 0 Å². The van der Waals surface area contributed by atoms with Crippen LogP contribution in [0, 0.1) is 11.3 Å². The Hall–Kier alpha value is -1.32. The minimum Gasteiger partial charge on any atom is -0.370 e. The topological polar surface area (TPSA) is 49.8 Å². The van der Waals surface area contributed by atoms with Crippen LogP contribution in [-0.4, -0.2) is 23.1 Å². The van der Waals surface area contributed by atoms with Crippen LogP contribution in [0.5, 0.6) is 0 Å². The van der Waals surface area contributed by atoms with E-state index in [1.807, 2.05) is 0 Å². The molecule has 1 aromatic heterocycles. The minimum absolute atomic E-state index is 0.511. The number of anilines is 2. The monoisotopic (exact) mass is 248 g/mol. The van der Waals surface area contributed by atoms with E-state index in [2.05, 4.69) is 48.3 Å². The van der Waals surface area contributed by atoms with Gasteiger partial charge in [0.05, 0.1) is 0 Å². The predicted octanol–water partition coefficient (Wildman–Crippen LogP) is 2.93. The molecule has 0 radical (unpaired) electrons. The molecular formula is C14H24N4. The van der Waals surface area contributed by atoms with Crippen molar-refractivity contribution in [2.45, 2.75) is 40.5 Å². The normalized spacial score (nSPS) is 20.6. The molecule has 0 amide bonds. The Morgan fingerprint density at radius 2 is 1.83 bits per heavy atom. The first kappa shape index (κ1) is 13.1. The van der Waals surface area contributed by atoms with E-state index in [9.17, 15) is 0 Å². The number of nitrogens with one attached hydrogen (secondary N) is 2. The lowest BCUT2D eigenvalue weighted by molar-refractivity contribution is 0.572. The van der Waals surface area contributed by atoms with Gasteiger partial charge in [0, 0.05) is 18.7 Å². The van der Waals surface area contributed by atoms with Crippen LogP contribution in [0.25, 0.3) is 0 Å². The Kier molecular flexibility index (Phi) is 3.73. The summed E-state index contributed by atoms with van der Waals surface area (Å²) in [5.41, 5.74) is 1.70. The van der Waals surface area contributed by atoms with E-state index in [1.54, 1.807) is 6.33 Å². The van der Waals surface area contributed by atoms with Crippen LogP contribution in [0.3, 0.4) is 0 Å². The molecular weight excluding hydrogens is 224 g/mol. The second-order valence-corrected chi connectivity index (χ2v) is 5.70. The molecule has 2 N–H and O–H groups in total. The first-order valence-corrected chi connectivity index (χ1v) is 6.90. The van der Waals surface area contributed by atoms with Gasteiger partial charge in [-0.05, 0) is 31.1 Å². The highest BCUT2D eigenvalue weighted by Gasteiger charge is 2.45. The summed E-state index contributed by atoms with van der Waals surface area (Å²) in [7, 11) is 0. The van der Waals surface area contributed by atoms with E-state index in [1.165, 1.54) is 12.0 Å². The fraction of sp³-hybridized carbons (Fsp3) is 0.714. The molecule has 100 valence electrons. The number of hydrogen-bond acceptors (Lipinski definition) is 4. The summed E-state index contributed by atoms with van der Waals surface area (Å²) in [5, 5.41) is 6.79. The van der Waals surface area contributed by atoms with Crippen molar-refractivity contribution in [2.24, 2.45) is 11.3 Å². The molecule has 1 aromatic rings. The number of aromatic nitrogens is 2. The Bertz CT molecular complexity index is 414. The van der Waals surface area contributed by atoms with E-state index < -0.39 is 0 Å². The molecule has 1 heterocycles. The van der Waals surface area contributed by atoms with E-state index in [0.29, 0.717) is 5.41 Å². The van der Waals surface area contributed by atoms with Crippen LogP contribution in [0.2, 0.25) is 0 Å². The van der Waals surface area contributed by atoms with Gasteiger partial charge in [-0.15, -0.1) is 0 Å². The zero-order valence-electron chi connectivity index (χ0n) is 11.9. The van der Waals surface area contributed by atoms with E-state index in [-0.39, 0.29) is 0 Å². The molecule has 0 bridgehead atoms. The van der Waals surface area contributed by atoms with Gasteiger partial charge in [-0.1, -0.05) is 20.8 Å². The smallest absolute Gasteiger partial charge is 0.134 e. The average molecular weight is 248 g/mol. The van der Waals surface area contributed by atoms with Gasteiger partial charge in [0.2, 0.25) is 0 Å². The van der Waals surface area contributed by atoms with Gasteiger partial charge < -0.3 is 10.6 Å². The van der Waals surface area contributed by atoms with Crippen molar-refractivity contribution < 1.29 is 0 Å².